The number of anilines is 2. The second-order valence-electron chi connectivity index (χ2n) is 7.50. The Morgan fingerprint density at radius 1 is 1.26 bits per heavy atom. The van der Waals surface area contributed by atoms with Gasteiger partial charge < -0.3 is 20.3 Å². The molecule has 150 valence electrons. The molecule has 0 radical (unpaired) electrons. The van der Waals surface area contributed by atoms with E-state index in [1.165, 1.54) is 0 Å². The first kappa shape index (κ1) is 21.5. The van der Waals surface area contributed by atoms with Gasteiger partial charge in [0.05, 0.1) is 11.0 Å². The monoisotopic (exact) mass is 395 g/mol. The third-order valence-corrected chi connectivity index (χ3v) is 5.37. The lowest BCUT2D eigenvalue weighted by atomic mass is 9.95. The Labute approximate surface area is 166 Å². The predicted molar refractivity (Wildman–Crippen MR) is 110 cm³/mol. The Morgan fingerprint density at radius 3 is 2.59 bits per heavy atom. The maximum atomic E-state index is 12.8. The fraction of sp³-hybridized carbons (Fsp3) is 0.600. The molecule has 0 spiro atoms. The van der Waals surface area contributed by atoms with E-state index in [1.54, 1.807) is 27.0 Å². The van der Waals surface area contributed by atoms with E-state index in [0.29, 0.717) is 24.4 Å². The number of benzene rings is 1. The molecule has 1 aromatic rings. The molecule has 2 amide bonds. The van der Waals surface area contributed by atoms with Crippen LogP contribution < -0.4 is 15.5 Å². The number of hydrogen-bond acceptors (Lipinski definition) is 4. The average Bonchev–Trinajstić information content (AvgIpc) is 3.19. The molecule has 0 saturated carbocycles. The summed E-state index contributed by atoms with van der Waals surface area (Å²) in [6, 6.07) is 5.51. The summed E-state index contributed by atoms with van der Waals surface area (Å²) in [4.78, 5) is 27.4. The van der Waals surface area contributed by atoms with E-state index >= 15 is 0 Å². The van der Waals surface area contributed by atoms with Gasteiger partial charge in [-0.3, -0.25) is 9.59 Å². The Hall–Kier alpha value is -1.79. The van der Waals surface area contributed by atoms with Gasteiger partial charge in [0.15, 0.2) is 0 Å². The van der Waals surface area contributed by atoms with Crippen LogP contribution in [0.4, 0.5) is 11.4 Å². The number of alkyl halides is 1. The lowest BCUT2D eigenvalue weighted by molar-refractivity contribution is -0.122. The molecule has 1 heterocycles. The smallest absolute Gasteiger partial charge is 0.253 e. The topological polar surface area (TPSA) is 70.7 Å². The molecule has 1 aromatic carbocycles. The first-order valence-electron chi connectivity index (χ1n) is 9.42. The third-order valence-electron chi connectivity index (χ3n) is 4.71. The average molecular weight is 396 g/mol. The maximum absolute atomic E-state index is 12.8. The van der Waals surface area contributed by atoms with Crippen molar-refractivity contribution >= 4 is 34.8 Å². The summed E-state index contributed by atoms with van der Waals surface area (Å²) in [5, 5.41) is 5.82. The van der Waals surface area contributed by atoms with Crippen molar-refractivity contribution in [2.45, 2.75) is 33.1 Å². The molecule has 27 heavy (non-hydrogen) atoms. The fourth-order valence-corrected chi connectivity index (χ4v) is 3.03. The quantitative estimate of drug-likeness (QED) is 0.497. The van der Waals surface area contributed by atoms with Crippen LogP contribution in [-0.2, 0) is 9.53 Å². The van der Waals surface area contributed by atoms with Gasteiger partial charge in [-0.25, -0.2) is 0 Å². The van der Waals surface area contributed by atoms with Gasteiger partial charge >= 0.3 is 0 Å². The number of carbonyl (C=O) groups excluding carboxylic acids is 2. The first-order valence-corrected chi connectivity index (χ1v) is 9.96. The summed E-state index contributed by atoms with van der Waals surface area (Å²) in [6.07, 6.45) is 3.00. The van der Waals surface area contributed by atoms with Gasteiger partial charge in [-0.1, -0.05) is 0 Å². The zero-order valence-electron chi connectivity index (χ0n) is 16.4. The highest BCUT2D eigenvalue weighted by atomic mass is 35.5. The number of nitrogens with one attached hydrogen (secondary N) is 2. The van der Waals surface area contributed by atoms with Crippen molar-refractivity contribution in [1.29, 1.82) is 0 Å². The summed E-state index contributed by atoms with van der Waals surface area (Å²) in [5.41, 5.74) is 1.41. The van der Waals surface area contributed by atoms with E-state index in [2.05, 4.69) is 15.5 Å². The Bertz CT molecular complexity index is 658. The SMILES string of the molecule is COCCCNC(=O)c1cc(NC(=O)C(C)(C)CCl)ccc1N1CCCC1. The molecule has 1 aliphatic heterocycles. The van der Waals surface area contributed by atoms with Crippen LogP contribution in [0.2, 0.25) is 0 Å². The molecule has 0 aliphatic carbocycles. The molecule has 1 fully saturated rings. The Morgan fingerprint density at radius 2 is 1.96 bits per heavy atom. The van der Waals surface area contributed by atoms with Gasteiger partial charge in [0.2, 0.25) is 5.91 Å². The number of carbonyl (C=O) groups is 2. The fourth-order valence-electron chi connectivity index (χ4n) is 2.90. The first-order chi connectivity index (χ1) is 12.9. The third kappa shape index (κ3) is 5.84. The summed E-state index contributed by atoms with van der Waals surface area (Å²) in [6.45, 7) is 6.60. The normalized spacial score (nSPS) is 14.3. The Kier molecular flexibility index (Phi) is 7.92. The van der Waals surface area contributed by atoms with E-state index in [-0.39, 0.29) is 17.7 Å². The van der Waals surface area contributed by atoms with Crippen molar-refractivity contribution in [2.24, 2.45) is 5.41 Å². The lowest BCUT2D eigenvalue weighted by Gasteiger charge is -2.23. The number of amides is 2. The van der Waals surface area contributed by atoms with Crippen molar-refractivity contribution in [3.8, 4) is 0 Å². The van der Waals surface area contributed by atoms with Crippen molar-refractivity contribution in [2.75, 3.05) is 49.4 Å². The summed E-state index contributed by atoms with van der Waals surface area (Å²) < 4.78 is 5.02. The van der Waals surface area contributed by atoms with E-state index in [1.807, 2.05) is 12.1 Å². The van der Waals surface area contributed by atoms with Crippen LogP contribution in [0.1, 0.15) is 43.5 Å². The van der Waals surface area contributed by atoms with Crippen LogP contribution in [-0.4, -0.2) is 51.0 Å². The number of halogens is 1. The van der Waals surface area contributed by atoms with E-state index in [9.17, 15) is 9.59 Å². The van der Waals surface area contributed by atoms with Gasteiger partial charge in [-0.05, 0) is 51.3 Å². The van der Waals surface area contributed by atoms with Gasteiger partial charge in [-0.2, -0.15) is 0 Å². The van der Waals surface area contributed by atoms with Crippen molar-refractivity contribution < 1.29 is 14.3 Å². The molecule has 0 atom stereocenters. The maximum Gasteiger partial charge on any atom is 0.253 e. The minimum atomic E-state index is -0.683. The zero-order chi connectivity index (χ0) is 19.9. The van der Waals surface area contributed by atoms with Gasteiger partial charge in [0.25, 0.3) is 5.91 Å². The van der Waals surface area contributed by atoms with Gasteiger partial charge in [0.1, 0.15) is 0 Å². The number of hydrogen-bond donors (Lipinski definition) is 2. The van der Waals surface area contributed by atoms with Gasteiger partial charge in [-0.15, -0.1) is 11.6 Å². The standard InChI is InChI=1S/C20H30ClN3O3/c1-20(2,14-21)19(26)23-15-7-8-17(24-10-4-5-11-24)16(13-15)18(25)22-9-6-12-27-3/h7-8,13H,4-6,9-12,14H2,1-3H3,(H,22,25)(H,23,26). The van der Waals surface area contributed by atoms with Crippen LogP contribution in [0.25, 0.3) is 0 Å². The van der Waals surface area contributed by atoms with E-state index < -0.39 is 5.41 Å². The number of rotatable bonds is 9. The molecular weight excluding hydrogens is 366 g/mol. The predicted octanol–water partition coefficient (Wildman–Crippen LogP) is 3.26. The van der Waals surface area contributed by atoms with Crippen LogP contribution in [0.5, 0.6) is 0 Å². The molecule has 0 aromatic heterocycles. The highest BCUT2D eigenvalue weighted by Crippen LogP contribution is 2.28. The summed E-state index contributed by atoms with van der Waals surface area (Å²) in [7, 11) is 1.64. The lowest BCUT2D eigenvalue weighted by Crippen LogP contribution is -2.32. The molecule has 1 saturated heterocycles. The van der Waals surface area contributed by atoms with Gasteiger partial charge in [0, 0.05) is 50.6 Å². The van der Waals surface area contributed by atoms with Crippen LogP contribution in [0, 0.1) is 5.41 Å². The van der Waals surface area contributed by atoms with Crippen molar-refractivity contribution in [1.82, 2.24) is 5.32 Å². The number of ether oxygens (including phenoxy) is 1. The molecule has 2 rings (SSSR count). The molecule has 0 bridgehead atoms. The molecule has 0 unspecified atom stereocenters. The van der Waals surface area contributed by atoms with Crippen LogP contribution in [0.15, 0.2) is 18.2 Å². The zero-order valence-corrected chi connectivity index (χ0v) is 17.2. The number of methoxy groups -OCH3 is 1. The van der Waals surface area contributed by atoms with Crippen molar-refractivity contribution in [3.63, 3.8) is 0 Å². The highest BCUT2D eigenvalue weighted by Gasteiger charge is 2.27. The van der Waals surface area contributed by atoms with E-state index in [4.69, 9.17) is 16.3 Å². The van der Waals surface area contributed by atoms with E-state index in [0.717, 1.165) is 38.0 Å². The molecular formula is C20H30ClN3O3. The molecule has 1 aliphatic rings. The number of nitrogens with zero attached hydrogens (tertiary/aromatic N) is 1. The van der Waals surface area contributed by atoms with Crippen LogP contribution >= 0.6 is 11.6 Å². The second kappa shape index (κ2) is 9.95. The van der Waals surface area contributed by atoms with Crippen LogP contribution in [0.3, 0.4) is 0 Å². The Balaban J connectivity index is 2.20. The highest BCUT2D eigenvalue weighted by molar-refractivity contribution is 6.20. The molecule has 2 N–H and O–H groups in total. The summed E-state index contributed by atoms with van der Waals surface area (Å²) in [5.74, 6) is -0.0871. The molecule has 6 nitrogen and oxygen atoms in total. The largest absolute Gasteiger partial charge is 0.385 e. The van der Waals surface area contributed by atoms with Crippen molar-refractivity contribution in [3.05, 3.63) is 23.8 Å². The summed E-state index contributed by atoms with van der Waals surface area (Å²) >= 11 is 5.89. The molecule has 7 heteroatoms. The minimum Gasteiger partial charge on any atom is -0.385 e. The minimum absolute atomic E-state index is 0.138. The second-order valence-corrected chi connectivity index (χ2v) is 7.77.